The van der Waals surface area contributed by atoms with E-state index in [2.05, 4.69) is 53.1 Å². The fourth-order valence-corrected chi connectivity index (χ4v) is 12.5. The summed E-state index contributed by atoms with van der Waals surface area (Å²) in [5, 5.41) is 0. The minimum Gasteiger partial charge on any atom is -0.465 e. The second kappa shape index (κ2) is 9.95. The summed E-state index contributed by atoms with van der Waals surface area (Å²) in [6.07, 6.45) is 16.1. The van der Waals surface area contributed by atoms with E-state index in [9.17, 15) is 9.59 Å². The summed E-state index contributed by atoms with van der Waals surface area (Å²) in [4.78, 5) is 28.9. The molecule has 0 amide bonds. The lowest BCUT2D eigenvalue weighted by atomic mass is 9.32. The maximum Gasteiger partial charge on any atom is 0.419 e. The summed E-state index contributed by atoms with van der Waals surface area (Å²) in [6, 6.07) is 0. The molecule has 6 nitrogen and oxygen atoms in total. The predicted octanol–water partition coefficient (Wildman–Crippen LogP) is 8.46. The van der Waals surface area contributed by atoms with Crippen LogP contribution < -0.4 is 0 Å². The van der Waals surface area contributed by atoms with Crippen molar-refractivity contribution in [2.24, 2.45) is 56.7 Å². The molecule has 1 heterocycles. The van der Waals surface area contributed by atoms with Crippen molar-refractivity contribution in [3.05, 3.63) is 30.9 Å². The summed E-state index contributed by atoms with van der Waals surface area (Å²) in [7, 11) is 0. The Labute approximate surface area is 253 Å². The highest BCUT2D eigenvalue weighted by Crippen LogP contribution is 2.77. The van der Waals surface area contributed by atoms with E-state index in [1.807, 2.05) is 0 Å². The van der Waals surface area contributed by atoms with Gasteiger partial charge in [0.1, 0.15) is 12.4 Å². The molecule has 10 atom stereocenters. The van der Waals surface area contributed by atoms with Crippen LogP contribution in [0.2, 0.25) is 0 Å². The molecule has 0 N–H and O–H groups in total. The number of fused-ring (bicyclic) bond motifs is 7. The van der Waals surface area contributed by atoms with Gasteiger partial charge in [0.2, 0.25) is 0 Å². The number of carbonyl (C=O) groups excluding carboxylic acids is 2. The highest BCUT2D eigenvalue weighted by Gasteiger charge is 2.71. The van der Waals surface area contributed by atoms with Crippen molar-refractivity contribution in [1.82, 2.24) is 9.55 Å². The highest BCUT2D eigenvalue weighted by atomic mass is 16.6. The van der Waals surface area contributed by atoms with Crippen LogP contribution in [-0.4, -0.2) is 34.3 Å². The topological polar surface area (TPSA) is 70.4 Å². The lowest BCUT2D eigenvalue weighted by Crippen LogP contribution is -2.67. The SMILES string of the molecule is C=C(C)[C@@H]1CC[C@]2(COC(C)=O)CC[C@]3(C)C(CCC4[C@@]5(C)CC[C@H](OC(=O)n6ccnc6)C(C)(C)C5CC[C@]43C)C12. The van der Waals surface area contributed by atoms with Crippen LogP contribution in [0.3, 0.4) is 0 Å². The number of imidazole rings is 1. The predicted molar refractivity (Wildman–Crippen MR) is 163 cm³/mol. The third kappa shape index (κ3) is 4.12. The second-order valence-corrected chi connectivity index (χ2v) is 16.5. The van der Waals surface area contributed by atoms with Crippen LogP contribution >= 0.6 is 0 Å². The molecule has 0 aliphatic heterocycles. The molecular formula is C36H54N2O4. The number of hydrogen-bond donors (Lipinski definition) is 0. The molecule has 42 heavy (non-hydrogen) atoms. The maximum atomic E-state index is 12.9. The molecule has 5 aliphatic carbocycles. The Bertz CT molecular complexity index is 1240. The van der Waals surface area contributed by atoms with Crippen molar-refractivity contribution >= 4 is 12.1 Å². The third-order valence-corrected chi connectivity index (χ3v) is 14.7. The number of esters is 1. The largest absolute Gasteiger partial charge is 0.465 e. The first-order valence-corrected chi connectivity index (χ1v) is 16.7. The molecule has 5 fully saturated rings. The molecule has 1 aromatic heterocycles. The first-order valence-electron chi connectivity index (χ1n) is 16.7. The smallest absolute Gasteiger partial charge is 0.419 e. The summed E-state index contributed by atoms with van der Waals surface area (Å²) < 4.78 is 13.5. The fourth-order valence-electron chi connectivity index (χ4n) is 12.5. The first-order chi connectivity index (χ1) is 19.7. The second-order valence-electron chi connectivity index (χ2n) is 16.5. The standard InChI is InChI=1S/C36H54N2O4/c1-23(2)25-11-16-36(21-41-24(3)39)18-17-34(7)26(30(25)36)9-10-28-33(6)14-13-29(42-31(40)38-20-19-37-22-38)32(4,5)27(33)12-15-35(28,34)8/h19-20,22,25-30H,1,9-18,21H2,2-8H3/t25-,26?,27?,28?,29-,30?,33-,34+,35+,36+/m0/s1. The van der Waals surface area contributed by atoms with Gasteiger partial charge in [0.25, 0.3) is 0 Å². The van der Waals surface area contributed by atoms with Gasteiger partial charge in [0, 0.05) is 30.1 Å². The molecule has 0 radical (unpaired) electrons. The zero-order valence-electron chi connectivity index (χ0n) is 27.2. The fraction of sp³-hybridized carbons (Fsp3) is 0.806. The molecule has 1 aromatic rings. The molecule has 0 aromatic carbocycles. The Morgan fingerprint density at radius 1 is 0.905 bits per heavy atom. The van der Waals surface area contributed by atoms with E-state index in [0.717, 1.165) is 25.7 Å². The van der Waals surface area contributed by atoms with Gasteiger partial charge in [-0.1, -0.05) is 46.8 Å². The molecule has 0 bridgehead atoms. The average molecular weight is 579 g/mol. The number of ether oxygens (including phenoxy) is 2. The van der Waals surface area contributed by atoms with Crippen molar-refractivity contribution in [2.75, 3.05) is 6.61 Å². The van der Waals surface area contributed by atoms with Gasteiger partial charge in [-0.2, -0.15) is 0 Å². The van der Waals surface area contributed by atoms with Crippen molar-refractivity contribution in [3.8, 4) is 0 Å². The number of carbonyl (C=O) groups is 2. The van der Waals surface area contributed by atoms with Crippen LogP contribution in [0.5, 0.6) is 0 Å². The number of aromatic nitrogens is 2. The molecular weight excluding hydrogens is 524 g/mol. The number of hydrogen-bond acceptors (Lipinski definition) is 5. The zero-order chi connectivity index (χ0) is 30.3. The number of rotatable bonds is 4. The van der Waals surface area contributed by atoms with Gasteiger partial charge in [0.15, 0.2) is 0 Å². The Kier molecular flexibility index (Phi) is 7.10. The summed E-state index contributed by atoms with van der Waals surface area (Å²) in [5.74, 6) is 2.72. The van der Waals surface area contributed by atoms with E-state index >= 15 is 0 Å². The van der Waals surface area contributed by atoms with Crippen LogP contribution in [0.25, 0.3) is 0 Å². The lowest BCUT2D eigenvalue weighted by molar-refractivity contribution is -0.249. The third-order valence-electron chi connectivity index (χ3n) is 14.7. The molecule has 0 spiro atoms. The Morgan fingerprint density at radius 3 is 2.33 bits per heavy atom. The van der Waals surface area contributed by atoms with Crippen LogP contribution in [0, 0.1) is 56.7 Å². The van der Waals surface area contributed by atoms with Gasteiger partial charge in [-0.05, 0) is 117 Å². The summed E-state index contributed by atoms with van der Waals surface area (Å²) >= 11 is 0. The highest BCUT2D eigenvalue weighted by molar-refractivity contribution is 5.70. The average Bonchev–Trinajstić information content (AvgIpc) is 3.59. The van der Waals surface area contributed by atoms with E-state index in [-0.39, 0.29) is 45.2 Å². The number of nitrogens with zero attached hydrogens (tertiary/aromatic N) is 2. The van der Waals surface area contributed by atoms with Crippen molar-refractivity contribution < 1.29 is 19.1 Å². The van der Waals surface area contributed by atoms with Crippen LogP contribution in [0.4, 0.5) is 4.79 Å². The van der Waals surface area contributed by atoms with Gasteiger partial charge < -0.3 is 9.47 Å². The van der Waals surface area contributed by atoms with Crippen molar-refractivity contribution in [2.45, 2.75) is 119 Å². The minimum atomic E-state index is -0.314. The number of allylic oxidation sites excluding steroid dienone is 1. The van der Waals surface area contributed by atoms with E-state index in [0.29, 0.717) is 36.2 Å². The van der Waals surface area contributed by atoms with E-state index < -0.39 is 0 Å². The first kappa shape index (κ1) is 29.9. The molecule has 232 valence electrons. The molecule has 0 saturated heterocycles. The van der Waals surface area contributed by atoms with Gasteiger partial charge in [0.05, 0.1) is 6.61 Å². The molecule has 5 aliphatic rings. The minimum absolute atomic E-state index is 0.0897. The summed E-state index contributed by atoms with van der Waals surface area (Å²) in [5.41, 5.74) is 2.06. The summed E-state index contributed by atoms with van der Waals surface area (Å²) in [6.45, 7) is 21.5. The lowest BCUT2D eigenvalue weighted by Gasteiger charge is -2.73. The van der Waals surface area contributed by atoms with Gasteiger partial charge in [-0.15, -0.1) is 0 Å². The van der Waals surface area contributed by atoms with Crippen molar-refractivity contribution in [3.63, 3.8) is 0 Å². The van der Waals surface area contributed by atoms with E-state index in [1.54, 1.807) is 19.3 Å². The van der Waals surface area contributed by atoms with Gasteiger partial charge in [-0.3, -0.25) is 4.79 Å². The van der Waals surface area contributed by atoms with E-state index in [4.69, 9.17) is 9.47 Å². The normalized spacial score (nSPS) is 45.5. The van der Waals surface area contributed by atoms with Gasteiger partial charge in [-0.25, -0.2) is 14.3 Å². The quantitative estimate of drug-likeness (QED) is 0.265. The van der Waals surface area contributed by atoms with Crippen molar-refractivity contribution in [1.29, 1.82) is 0 Å². The molecule has 6 heteroatoms. The maximum absolute atomic E-state index is 12.9. The Hall–Kier alpha value is -2.11. The Balaban J connectivity index is 1.29. The van der Waals surface area contributed by atoms with Crippen LogP contribution in [-0.2, 0) is 14.3 Å². The monoisotopic (exact) mass is 578 g/mol. The zero-order valence-corrected chi connectivity index (χ0v) is 27.2. The Morgan fingerprint density at radius 2 is 1.67 bits per heavy atom. The molecule has 6 rings (SSSR count). The molecule has 5 saturated carbocycles. The van der Waals surface area contributed by atoms with E-state index in [1.165, 1.54) is 55.0 Å². The molecule has 4 unspecified atom stereocenters. The van der Waals surface area contributed by atoms with Crippen LogP contribution in [0.15, 0.2) is 30.9 Å². The van der Waals surface area contributed by atoms with Gasteiger partial charge >= 0.3 is 12.1 Å². The van der Waals surface area contributed by atoms with Crippen LogP contribution in [0.1, 0.15) is 113 Å².